The summed E-state index contributed by atoms with van der Waals surface area (Å²) in [5.41, 5.74) is 6.74. The third kappa shape index (κ3) is 2.38. The summed E-state index contributed by atoms with van der Waals surface area (Å²) in [5.74, 6) is 0.500. The Hall–Kier alpha value is -0.880. The molecule has 0 saturated carbocycles. The minimum absolute atomic E-state index is 0.500. The molecule has 0 atom stereocenters. The Bertz CT molecular complexity index is 461. The first-order valence-electron chi connectivity index (χ1n) is 4.23. The molecule has 0 radical (unpaired) electrons. The van der Waals surface area contributed by atoms with Gasteiger partial charge in [0.25, 0.3) is 0 Å². The predicted octanol–water partition coefficient (Wildman–Crippen LogP) is 2.43. The SMILES string of the molecule is Nc1nn(Cc2ccncc2Br)cc1Br. The highest BCUT2D eigenvalue weighted by Crippen LogP contribution is 2.19. The lowest BCUT2D eigenvalue weighted by Crippen LogP contribution is -2.01. The number of halogens is 2. The minimum atomic E-state index is 0.500. The van der Waals surface area contributed by atoms with Gasteiger partial charge in [0.1, 0.15) is 0 Å². The molecule has 0 saturated heterocycles. The van der Waals surface area contributed by atoms with Crippen LogP contribution in [0.25, 0.3) is 0 Å². The van der Waals surface area contributed by atoms with Crippen molar-refractivity contribution in [2.45, 2.75) is 6.54 Å². The second-order valence-electron chi connectivity index (χ2n) is 3.03. The number of rotatable bonds is 2. The Morgan fingerprint density at radius 1 is 1.33 bits per heavy atom. The molecule has 2 N–H and O–H groups in total. The zero-order valence-electron chi connectivity index (χ0n) is 7.69. The van der Waals surface area contributed by atoms with Crippen molar-refractivity contribution >= 4 is 37.7 Å². The Morgan fingerprint density at radius 2 is 2.13 bits per heavy atom. The van der Waals surface area contributed by atoms with Crippen LogP contribution >= 0.6 is 31.9 Å². The number of anilines is 1. The molecule has 0 unspecified atom stereocenters. The van der Waals surface area contributed by atoms with Gasteiger partial charge in [-0.05, 0) is 43.5 Å². The molecular formula is C9H8Br2N4. The van der Waals surface area contributed by atoms with Gasteiger partial charge in [-0.2, -0.15) is 5.10 Å². The Balaban J connectivity index is 2.26. The van der Waals surface area contributed by atoms with Crippen molar-refractivity contribution in [2.75, 3.05) is 5.73 Å². The molecule has 2 rings (SSSR count). The summed E-state index contributed by atoms with van der Waals surface area (Å²) in [7, 11) is 0. The largest absolute Gasteiger partial charge is 0.381 e. The predicted molar refractivity (Wildman–Crippen MR) is 65.4 cm³/mol. The highest BCUT2D eigenvalue weighted by molar-refractivity contribution is 9.10. The lowest BCUT2D eigenvalue weighted by molar-refractivity contribution is 0.687. The van der Waals surface area contributed by atoms with Gasteiger partial charge in [-0.1, -0.05) is 0 Å². The van der Waals surface area contributed by atoms with Crippen LogP contribution in [0.3, 0.4) is 0 Å². The maximum Gasteiger partial charge on any atom is 0.159 e. The topological polar surface area (TPSA) is 56.7 Å². The van der Waals surface area contributed by atoms with Gasteiger partial charge >= 0.3 is 0 Å². The number of pyridine rings is 1. The average Bonchev–Trinajstić information content (AvgIpc) is 2.50. The zero-order valence-corrected chi connectivity index (χ0v) is 10.9. The molecule has 2 heterocycles. The molecular weight excluding hydrogens is 324 g/mol. The van der Waals surface area contributed by atoms with E-state index in [4.69, 9.17) is 5.73 Å². The van der Waals surface area contributed by atoms with Gasteiger partial charge in [0.05, 0.1) is 11.0 Å². The second-order valence-corrected chi connectivity index (χ2v) is 4.74. The van der Waals surface area contributed by atoms with Gasteiger partial charge in [-0.3, -0.25) is 9.67 Å². The van der Waals surface area contributed by atoms with Crippen LogP contribution in [-0.4, -0.2) is 14.8 Å². The maximum atomic E-state index is 5.63. The Kier molecular flexibility index (Phi) is 3.06. The van der Waals surface area contributed by atoms with E-state index in [0.29, 0.717) is 12.4 Å². The van der Waals surface area contributed by atoms with E-state index in [1.165, 1.54) is 0 Å². The normalized spacial score (nSPS) is 10.5. The third-order valence-corrected chi connectivity index (χ3v) is 3.26. The molecule has 2 aromatic heterocycles. The van der Waals surface area contributed by atoms with E-state index >= 15 is 0 Å². The summed E-state index contributed by atoms with van der Waals surface area (Å²) in [6.07, 6.45) is 5.36. The summed E-state index contributed by atoms with van der Waals surface area (Å²) in [4.78, 5) is 4.00. The van der Waals surface area contributed by atoms with Crippen molar-refractivity contribution in [3.63, 3.8) is 0 Å². The number of aromatic nitrogens is 3. The van der Waals surface area contributed by atoms with Crippen molar-refractivity contribution in [3.8, 4) is 0 Å². The lowest BCUT2D eigenvalue weighted by atomic mass is 10.3. The molecule has 0 spiro atoms. The zero-order chi connectivity index (χ0) is 10.8. The van der Waals surface area contributed by atoms with Crippen LogP contribution in [0.15, 0.2) is 33.6 Å². The fourth-order valence-corrected chi connectivity index (χ4v) is 1.89. The number of nitrogens with two attached hydrogens (primary N) is 1. The summed E-state index contributed by atoms with van der Waals surface area (Å²) >= 11 is 6.75. The van der Waals surface area contributed by atoms with Crippen LogP contribution < -0.4 is 5.73 Å². The quantitative estimate of drug-likeness (QED) is 0.919. The van der Waals surface area contributed by atoms with Crippen LogP contribution in [0.5, 0.6) is 0 Å². The van der Waals surface area contributed by atoms with Crippen molar-refractivity contribution in [1.29, 1.82) is 0 Å². The molecule has 2 aromatic rings. The van der Waals surface area contributed by atoms with Crippen molar-refractivity contribution < 1.29 is 0 Å². The van der Waals surface area contributed by atoms with Gasteiger partial charge in [-0.15, -0.1) is 0 Å². The van der Waals surface area contributed by atoms with Gasteiger partial charge in [0.15, 0.2) is 5.82 Å². The van der Waals surface area contributed by atoms with E-state index in [1.807, 2.05) is 12.3 Å². The van der Waals surface area contributed by atoms with E-state index < -0.39 is 0 Å². The Morgan fingerprint density at radius 3 is 2.73 bits per heavy atom. The molecule has 0 aromatic carbocycles. The number of nitrogen functional groups attached to an aromatic ring is 1. The van der Waals surface area contributed by atoms with Gasteiger partial charge < -0.3 is 5.73 Å². The van der Waals surface area contributed by atoms with Crippen LogP contribution in [0.4, 0.5) is 5.82 Å². The number of hydrogen-bond acceptors (Lipinski definition) is 3. The summed E-state index contributed by atoms with van der Waals surface area (Å²) in [6, 6.07) is 1.94. The lowest BCUT2D eigenvalue weighted by Gasteiger charge is -2.03. The highest BCUT2D eigenvalue weighted by atomic mass is 79.9. The summed E-state index contributed by atoms with van der Waals surface area (Å²) in [5, 5.41) is 4.15. The van der Waals surface area contributed by atoms with Crippen LogP contribution in [0, 0.1) is 0 Å². The van der Waals surface area contributed by atoms with Crippen LogP contribution in [0.1, 0.15) is 5.56 Å². The van der Waals surface area contributed by atoms with Crippen LogP contribution in [0.2, 0.25) is 0 Å². The van der Waals surface area contributed by atoms with Crippen molar-refractivity contribution in [3.05, 3.63) is 39.2 Å². The van der Waals surface area contributed by atoms with Crippen LogP contribution in [-0.2, 0) is 6.54 Å². The fraction of sp³-hybridized carbons (Fsp3) is 0.111. The van der Waals surface area contributed by atoms with E-state index in [-0.39, 0.29) is 0 Å². The smallest absolute Gasteiger partial charge is 0.159 e. The molecule has 0 fully saturated rings. The maximum absolute atomic E-state index is 5.63. The molecule has 0 bridgehead atoms. The summed E-state index contributed by atoms with van der Waals surface area (Å²) in [6.45, 7) is 0.666. The fourth-order valence-electron chi connectivity index (χ4n) is 1.20. The van der Waals surface area contributed by atoms with Gasteiger partial charge in [0.2, 0.25) is 0 Å². The highest BCUT2D eigenvalue weighted by Gasteiger charge is 2.04. The van der Waals surface area contributed by atoms with Crippen molar-refractivity contribution in [1.82, 2.24) is 14.8 Å². The van der Waals surface area contributed by atoms with E-state index in [9.17, 15) is 0 Å². The van der Waals surface area contributed by atoms with Gasteiger partial charge in [0, 0.05) is 23.1 Å². The molecule has 0 aliphatic carbocycles. The first-order chi connectivity index (χ1) is 7.16. The molecule has 78 valence electrons. The van der Waals surface area contributed by atoms with E-state index in [2.05, 4.69) is 41.9 Å². The molecule has 0 aliphatic heterocycles. The molecule has 4 nitrogen and oxygen atoms in total. The van der Waals surface area contributed by atoms with Gasteiger partial charge in [-0.25, -0.2) is 0 Å². The molecule has 0 amide bonds. The Labute approximate surface area is 104 Å². The first kappa shape index (κ1) is 10.6. The molecule has 0 aliphatic rings. The molecule has 6 heteroatoms. The third-order valence-electron chi connectivity index (χ3n) is 1.93. The standard InChI is InChI=1S/C9H8Br2N4/c10-7-3-13-2-1-6(7)4-15-5-8(11)9(12)14-15/h1-3,5H,4H2,(H2,12,14). The molecule has 15 heavy (non-hydrogen) atoms. The minimum Gasteiger partial charge on any atom is -0.381 e. The summed E-state index contributed by atoms with van der Waals surface area (Å²) < 4.78 is 3.56. The average molecular weight is 332 g/mol. The second kappa shape index (κ2) is 4.32. The first-order valence-corrected chi connectivity index (χ1v) is 5.82. The van der Waals surface area contributed by atoms with E-state index in [1.54, 1.807) is 17.1 Å². The monoisotopic (exact) mass is 330 g/mol. The number of hydrogen-bond donors (Lipinski definition) is 1. The van der Waals surface area contributed by atoms with Crippen molar-refractivity contribution in [2.24, 2.45) is 0 Å². The van der Waals surface area contributed by atoms with E-state index in [0.717, 1.165) is 14.5 Å². The number of nitrogens with zero attached hydrogens (tertiary/aromatic N) is 3.